The minimum absolute atomic E-state index is 0.0513. The minimum atomic E-state index is -1.56. The van der Waals surface area contributed by atoms with Crippen LogP contribution in [0.25, 0.3) is 0 Å². The van der Waals surface area contributed by atoms with E-state index in [-0.39, 0.29) is 12.3 Å². The van der Waals surface area contributed by atoms with Gasteiger partial charge in [0.05, 0.1) is 25.2 Å². The molecule has 0 aromatic carbocycles. The maximum absolute atomic E-state index is 12.4. The van der Waals surface area contributed by atoms with E-state index in [4.69, 9.17) is 11.5 Å². The summed E-state index contributed by atoms with van der Waals surface area (Å²) in [4.78, 5) is 58.8. The standard InChI is InChI=1S/C17H31N5O8/c1-7(2)4-10(17(29)30)20-16(28)13(8(3)24)22-15(27)11(6-23)21-14(26)9(18)5-12(19)25/h7-11,13,23-24H,4-6,18H2,1-3H3,(H2,19,25)(H,20,28)(H,21,26)(H,22,27)(H,29,30). The lowest BCUT2D eigenvalue weighted by atomic mass is 10.0. The molecule has 4 amide bonds. The Labute approximate surface area is 173 Å². The lowest BCUT2D eigenvalue weighted by Crippen LogP contribution is -2.60. The predicted octanol–water partition coefficient (Wildman–Crippen LogP) is -3.85. The molecule has 0 aromatic heterocycles. The minimum Gasteiger partial charge on any atom is -0.480 e. The summed E-state index contributed by atoms with van der Waals surface area (Å²) in [6.45, 7) is 3.83. The van der Waals surface area contributed by atoms with Crippen molar-refractivity contribution in [2.75, 3.05) is 6.61 Å². The summed E-state index contributed by atoms with van der Waals surface area (Å²) in [5, 5.41) is 34.9. The largest absolute Gasteiger partial charge is 0.480 e. The fraction of sp³-hybridized carbons (Fsp3) is 0.706. The van der Waals surface area contributed by atoms with Gasteiger partial charge >= 0.3 is 5.97 Å². The van der Waals surface area contributed by atoms with Gasteiger partial charge in [0.2, 0.25) is 23.6 Å². The van der Waals surface area contributed by atoms with E-state index in [0.29, 0.717) is 0 Å². The molecule has 0 rings (SSSR count). The van der Waals surface area contributed by atoms with E-state index in [1.54, 1.807) is 13.8 Å². The lowest BCUT2D eigenvalue weighted by molar-refractivity contribution is -0.143. The number of nitrogens with one attached hydrogen (secondary N) is 3. The second-order valence-electron chi connectivity index (χ2n) is 7.28. The average Bonchev–Trinajstić information content (AvgIpc) is 2.61. The Morgan fingerprint density at radius 1 is 0.900 bits per heavy atom. The van der Waals surface area contributed by atoms with Gasteiger partial charge in [-0.2, -0.15) is 0 Å². The number of aliphatic hydroxyl groups excluding tert-OH is 2. The highest BCUT2D eigenvalue weighted by atomic mass is 16.4. The summed E-state index contributed by atoms with van der Waals surface area (Å²) in [7, 11) is 0. The Bertz CT molecular complexity index is 640. The molecule has 0 aliphatic heterocycles. The number of aliphatic carboxylic acids is 1. The van der Waals surface area contributed by atoms with Gasteiger partial charge in [-0.05, 0) is 19.3 Å². The van der Waals surface area contributed by atoms with Gasteiger partial charge in [-0.1, -0.05) is 13.8 Å². The number of carboxylic acid groups (broad SMARTS) is 1. The van der Waals surface area contributed by atoms with E-state index in [2.05, 4.69) is 16.0 Å². The van der Waals surface area contributed by atoms with Gasteiger partial charge < -0.3 is 42.7 Å². The molecule has 0 aliphatic rings. The van der Waals surface area contributed by atoms with Crippen LogP contribution in [0.1, 0.15) is 33.6 Å². The third-order valence-electron chi connectivity index (χ3n) is 3.96. The third-order valence-corrected chi connectivity index (χ3v) is 3.96. The quantitative estimate of drug-likeness (QED) is 0.142. The second-order valence-corrected chi connectivity index (χ2v) is 7.28. The van der Waals surface area contributed by atoms with Crippen molar-refractivity contribution in [2.45, 2.75) is 63.9 Å². The van der Waals surface area contributed by atoms with Crippen LogP contribution in [-0.2, 0) is 24.0 Å². The summed E-state index contributed by atoms with van der Waals surface area (Å²) in [6.07, 6.45) is -1.79. The smallest absolute Gasteiger partial charge is 0.326 e. The Kier molecular flexibility index (Phi) is 11.5. The molecule has 5 unspecified atom stereocenters. The first kappa shape index (κ1) is 27.2. The second kappa shape index (κ2) is 12.7. The number of carbonyl (C=O) groups excluding carboxylic acids is 4. The van der Waals surface area contributed by atoms with Crippen LogP contribution in [0.15, 0.2) is 0 Å². The van der Waals surface area contributed by atoms with Gasteiger partial charge in [0.25, 0.3) is 0 Å². The maximum atomic E-state index is 12.4. The summed E-state index contributed by atoms with van der Waals surface area (Å²) in [5.74, 6) is -5.11. The van der Waals surface area contributed by atoms with Crippen molar-refractivity contribution in [3.8, 4) is 0 Å². The molecule has 10 N–H and O–H groups in total. The molecule has 0 saturated carbocycles. The first-order chi connectivity index (χ1) is 13.8. The van der Waals surface area contributed by atoms with Gasteiger partial charge in [-0.3, -0.25) is 19.2 Å². The van der Waals surface area contributed by atoms with E-state index < -0.39 is 72.9 Å². The van der Waals surface area contributed by atoms with Crippen LogP contribution in [0.4, 0.5) is 0 Å². The fourth-order valence-electron chi connectivity index (χ4n) is 2.40. The molecule has 0 bridgehead atoms. The van der Waals surface area contributed by atoms with Crippen molar-refractivity contribution in [3.05, 3.63) is 0 Å². The van der Waals surface area contributed by atoms with Crippen LogP contribution in [0.3, 0.4) is 0 Å². The van der Waals surface area contributed by atoms with E-state index in [1.165, 1.54) is 6.92 Å². The number of amides is 4. The van der Waals surface area contributed by atoms with Gasteiger partial charge in [0, 0.05) is 0 Å². The molecular formula is C17H31N5O8. The zero-order valence-corrected chi connectivity index (χ0v) is 17.1. The normalized spacial score (nSPS) is 16.0. The molecule has 0 fully saturated rings. The van der Waals surface area contributed by atoms with Gasteiger partial charge in [0.1, 0.15) is 18.1 Å². The Hall–Kier alpha value is -2.77. The van der Waals surface area contributed by atoms with Crippen LogP contribution in [0.2, 0.25) is 0 Å². The monoisotopic (exact) mass is 433 g/mol. The zero-order chi connectivity index (χ0) is 23.6. The highest BCUT2D eigenvalue weighted by Gasteiger charge is 2.32. The topological polar surface area (TPSA) is 234 Å². The average molecular weight is 433 g/mol. The first-order valence-electron chi connectivity index (χ1n) is 9.26. The van der Waals surface area contributed by atoms with Crippen LogP contribution >= 0.6 is 0 Å². The molecule has 0 spiro atoms. The lowest BCUT2D eigenvalue weighted by Gasteiger charge is -2.26. The van der Waals surface area contributed by atoms with Crippen LogP contribution in [0, 0.1) is 5.92 Å². The summed E-state index contributed by atoms with van der Waals surface area (Å²) in [5.41, 5.74) is 10.4. The van der Waals surface area contributed by atoms with E-state index in [1.807, 2.05) is 0 Å². The summed E-state index contributed by atoms with van der Waals surface area (Å²) >= 11 is 0. The molecule has 0 saturated heterocycles. The third kappa shape index (κ3) is 9.62. The molecule has 13 nitrogen and oxygen atoms in total. The van der Waals surface area contributed by atoms with Crippen molar-refractivity contribution >= 4 is 29.6 Å². The highest BCUT2D eigenvalue weighted by molar-refractivity contribution is 5.95. The van der Waals surface area contributed by atoms with Crippen molar-refractivity contribution in [2.24, 2.45) is 17.4 Å². The van der Waals surface area contributed by atoms with Gasteiger partial charge in [-0.15, -0.1) is 0 Å². The molecule has 172 valence electrons. The summed E-state index contributed by atoms with van der Waals surface area (Å²) < 4.78 is 0. The highest BCUT2D eigenvalue weighted by Crippen LogP contribution is 2.06. The van der Waals surface area contributed by atoms with Crippen LogP contribution in [-0.4, -0.2) is 81.8 Å². The van der Waals surface area contributed by atoms with Crippen molar-refractivity contribution < 1.29 is 39.3 Å². The predicted molar refractivity (Wildman–Crippen MR) is 103 cm³/mol. The number of rotatable bonds is 13. The Morgan fingerprint density at radius 3 is 1.83 bits per heavy atom. The summed E-state index contributed by atoms with van der Waals surface area (Å²) in [6, 6.07) is -5.70. The molecule has 0 aromatic rings. The van der Waals surface area contributed by atoms with E-state index >= 15 is 0 Å². The Morgan fingerprint density at radius 2 is 1.43 bits per heavy atom. The molecule has 0 heterocycles. The SMILES string of the molecule is CC(C)CC(NC(=O)C(NC(=O)C(CO)NC(=O)C(N)CC(N)=O)C(C)O)C(=O)O. The first-order valence-corrected chi connectivity index (χ1v) is 9.26. The molecule has 0 radical (unpaired) electrons. The number of carboxylic acids is 1. The molecular weight excluding hydrogens is 402 g/mol. The van der Waals surface area contributed by atoms with Crippen molar-refractivity contribution in [1.29, 1.82) is 0 Å². The fourth-order valence-corrected chi connectivity index (χ4v) is 2.40. The number of hydrogen-bond acceptors (Lipinski definition) is 8. The van der Waals surface area contributed by atoms with E-state index in [0.717, 1.165) is 0 Å². The molecule has 0 aliphatic carbocycles. The van der Waals surface area contributed by atoms with Crippen molar-refractivity contribution in [1.82, 2.24) is 16.0 Å². The number of nitrogens with two attached hydrogens (primary N) is 2. The van der Waals surface area contributed by atoms with Crippen LogP contribution in [0.5, 0.6) is 0 Å². The number of hydrogen-bond donors (Lipinski definition) is 8. The van der Waals surface area contributed by atoms with Gasteiger partial charge in [-0.25, -0.2) is 4.79 Å². The zero-order valence-electron chi connectivity index (χ0n) is 17.1. The molecule has 5 atom stereocenters. The van der Waals surface area contributed by atoms with Gasteiger partial charge in [0.15, 0.2) is 0 Å². The number of aliphatic hydroxyl groups is 2. The molecule has 30 heavy (non-hydrogen) atoms. The number of carbonyl (C=O) groups is 5. The molecule has 13 heteroatoms. The van der Waals surface area contributed by atoms with E-state index in [9.17, 15) is 39.3 Å². The number of primary amides is 1. The maximum Gasteiger partial charge on any atom is 0.326 e. The van der Waals surface area contributed by atoms with Crippen molar-refractivity contribution in [3.63, 3.8) is 0 Å². The Balaban J connectivity index is 5.19. The van der Waals surface area contributed by atoms with Crippen LogP contribution < -0.4 is 27.4 Å².